The highest BCUT2D eigenvalue weighted by atomic mass is 16.2. The highest BCUT2D eigenvalue weighted by Crippen LogP contribution is 2.49. The summed E-state index contributed by atoms with van der Waals surface area (Å²) < 4.78 is 0. The van der Waals surface area contributed by atoms with Crippen LogP contribution in [-0.4, -0.2) is 48.6 Å². The van der Waals surface area contributed by atoms with Crippen molar-refractivity contribution in [2.75, 3.05) is 20.2 Å². The largest absolute Gasteiger partial charge is 0.400 e. The summed E-state index contributed by atoms with van der Waals surface area (Å²) in [4.78, 5) is 13.4. The molecule has 4 nitrogen and oxygen atoms in total. The molecule has 4 heteroatoms. The molecule has 0 radical (unpaired) electrons. The molecule has 0 unspecified atom stereocenters. The number of likely N-dealkylation sites (tertiary alicyclic amines) is 1. The first-order chi connectivity index (χ1) is 16.1. The average molecular weight is 449 g/mol. The molecule has 2 aromatic rings. The maximum absolute atomic E-state index is 10.9. The first kappa shape index (κ1) is 25.4. The molecule has 178 valence electrons. The third kappa shape index (κ3) is 7.36. The molecule has 0 bridgehead atoms. The van der Waals surface area contributed by atoms with E-state index in [0.717, 1.165) is 49.6 Å². The molecule has 1 heterocycles. The Morgan fingerprint density at radius 1 is 1.06 bits per heavy atom. The predicted octanol–water partition coefficient (Wildman–Crippen LogP) is 5.24. The summed E-state index contributed by atoms with van der Waals surface area (Å²) in [7, 11) is 1.00. The van der Waals surface area contributed by atoms with Crippen molar-refractivity contribution in [1.82, 2.24) is 10.2 Å². The van der Waals surface area contributed by atoms with Gasteiger partial charge in [-0.1, -0.05) is 67.6 Å². The van der Waals surface area contributed by atoms with Crippen LogP contribution in [-0.2, 0) is 6.54 Å². The van der Waals surface area contributed by atoms with Crippen LogP contribution >= 0.6 is 0 Å². The number of carbonyl (C=O) groups excluding carboxylic acids is 1. The second kappa shape index (κ2) is 12.3. The Balaban J connectivity index is 0.000000216. The number of allylic oxidation sites excluding steroid dienone is 1. The van der Waals surface area contributed by atoms with Crippen LogP contribution in [0.1, 0.15) is 66.1 Å². The number of aldehydes is 1. The number of benzene rings is 2. The van der Waals surface area contributed by atoms with Gasteiger partial charge in [-0.2, -0.15) is 0 Å². The molecule has 3 fully saturated rings. The lowest BCUT2D eigenvalue weighted by Crippen LogP contribution is -2.65. The maximum atomic E-state index is 10.9. The van der Waals surface area contributed by atoms with Crippen molar-refractivity contribution in [3.8, 4) is 0 Å². The maximum Gasteiger partial charge on any atom is 0.150 e. The van der Waals surface area contributed by atoms with Gasteiger partial charge >= 0.3 is 0 Å². The van der Waals surface area contributed by atoms with Gasteiger partial charge in [0.05, 0.1) is 0 Å². The SMILES string of the molecule is CC/C=C\c1ccccc1.CO.Cc1cc(CN2CC3(CC(NC4CC4)C3)C2)ccc1C=O. The van der Waals surface area contributed by atoms with Crippen LogP contribution in [0.2, 0.25) is 0 Å². The molecule has 3 aliphatic rings. The van der Waals surface area contributed by atoms with Crippen LogP contribution in [0.5, 0.6) is 0 Å². The monoisotopic (exact) mass is 448 g/mol. The fraction of sp³-hybridized carbons (Fsp3) is 0.483. The molecule has 2 aliphatic carbocycles. The first-order valence-electron chi connectivity index (χ1n) is 12.3. The second-order valence-corrected chi connectivity index (χ2v) is 9.72. The minimum Gasteiger partial charge on any atom is -0.400 e. The lowest BCUT2D eigenvalue weighted by atomic mass is 9.60. The lowest BCUT2D eigenvalue weighted by molar-refractivity contribution is -0.0832. The van der Waals surface area contributed by atoms with Gasteiger partial charge in [0.1, 0.15) is 6.29 Å². The topological polar surface area (TPSA) is 52.6 Å². The Morgan fingerprint density at radius 3 is 2.33 bits per heavy atom. The van der Waals surface area contributed by atoms with Gasteiger partial charge < -0.3 is 10.4 Å². The fourth-order valence-corrected chi connectivity index (χ4v) is 5.00. The molecule has 2 saturated carbocycles. The van der Waals surface area contributed by atoms with E-state index in [0.29, 0.717) is 5.41 Å². The van der Waals surface area contributed by atoms with Crippen LogP contribution in [0.25, 0.3) is 6.08 Å². The summed E-state index contributed by atoms with van der Waals surface area (Å²) in [6, 6.07) is 18.2. The summed E-state index contributed by atoms with van der Waals surface area (Å²) in [5, 5.41) is 10.7. The summed E-state index contributed by atoms with van der Waals surface area (Å²) in [5.74, 6) is 0. The average Bonchev–Trinajstić information content (AvgIpc) is 3.62. The molecular formula is C29H40N2O2. The fourth-order valence-electron chi connectivity index (χ4n) is 5.00. The number of carbonyl (C=O) groups is 1. The Bertz CT molecular complexity index is 891. The number of nitrogens with one attached hydrogen (secondary N) is 1. The van der Waals surface area contributed by atoms with Crippen molar-refractivity contribution < 1.29 is 9.90 Å². The molecule has 2 aromatic carbocycles. The van der Waals surface area contributed by atoms with E-state index in [-0.39, 0.29) is 0 Å². The third-order valence-corrected chi connectivity index (χ3v) is 6.74. The minimum atomic E-state index is 0.629. The van der Waals surface area contributed by atoms with Crippen LogP contribution in [0.3, 0.4) is 0 Å². The second-order valence-electron chi connectivity index (χ2n) is 9.72. The normalized spacial score (nSPS) is 19.0. The van der Waals surface area contributed by atoms with Gasteiger partial charge in [-0.3, -0.25) is 9.69 Å². The number of hydrogen-bond acceptors (Lipinski definition) is 4. The van der Waals surface area contributed by atoms with E-state index in [4.69, 9.17) is 5.11 Å². The number of nitrogens with zero attached hydrogens (tertiary/aromatic N) is 1. The van der Waals surface area contributed by atoms with Crippen molar-refractivity contribution in [2.24, 2.45) is 5.41 Å². The highest BCUT2D eigenvalue weighted by molar-refractivity contribution is 5.77. The zero-order chi connectivity index (χ0) is 23.7. The molecule has 1 spiro atoms. The van der Waals surface area contributed by atoms with E-state index in [2.05, 4.69) is 65.7 Å². The van der Waals surface area contributed by atoms with Gasteiger partial charge in [-0.05, 0) is 61.1 Å². The Hall–Kier alpha value is -2.27. The van der Waals surface area contributed by atoms with Gasteiger partial charge in [0.25, 0.3) is 0 Å². The summed E-state index contributed by atoms with van der Waals surface area (Å²) in [6.45, 7) is 7.70. The molecule has 0 atom stereocenters. The molecule has 2 N–H and O–H groups in total. The van der Waals surface area contributed by atoms with E-state index < -0.39 is 0 Å². The lowest BCUT2D eigenvalue weighted by Gasteiger charge is -2.59. The molecule has 0 aromatic heterocycles. The zero-order valence-electron chi connectivity index (χ0n) is 20.5. The number of hydrogen-bond donors (Lipinski definition) is 2. The molecule has 0 amide bonds. The summed E-state index contributed by atoms with van der Waals surface area (Å²) in [6.07, 6.45) is 11.9. The van der Waals surface area contributed by atoms with Gasteiger partial charge in [0.2, 0.25) is 0 Å². The smallest absolute Gasteiger partial charge is 0.150 e. The zero-order valence-corrected chi connectivity index (χ0v) is 20.5. The summed E-state index contributed by atoms with van der Waals surface area (Å²) >= 11 is 0. The number of aliphatic hydroxyl groups is 1. The van der Waals surface area contributed by atoms with Crippen LogP contribution < -0.4 is 5.32 Å². The van der Waals surface area contributed by atoms with Crippen molar-refractivity contribution in [3.63, 3.8) is 0 Å². The molecule has 5 rings (SSSR count). The van der Waals surface area contributed by atoms with Crippen LogP contribution in [0.4, 0.5) is 0 Å². The van der Waals surface area contributed by atoms with Crippen molar-refractivity contribution in [3.05, 3.63) is 76.9 Å². The van der Waals surface area contributed by atoms with E-state index in [1.807, 2.05) is 19.1 Å². The van der Waals surface area contributed by atoms with Gasteiger partial charge in [-0.25, -0.2) is 0 Å². The van der Waals surface area contributed by atoms with E-state index in [1.54, 1.807) is 0 Å². The third-order valence-electron chi connectivity index (χ3n) is 6.74. The molecule has 33 heavy (non-hydrogen) atoms. The number of rotatable bonds is 7. The van der Waals surface area contributed by atoms with Gasteiger partial charge in [0.15, 0.2) is 0 Å². The van der Waals surface area contributed by atoms with Crippen molar-refractivity contribution >= 4 is 12.4 Å². The molecular weight excluding hydrogens is 408 g/mol. The first-order valence-corrected chi connectivity index (χ1v) is 12.3. The van der Waals surface area contributed by atoms with E-state index in [9.17, 15) is 4.79 Å². The van der Waals surface area contributed by atoms with Crippen molar-refractivity contribution in [2.45, 2.75) is 64.6 Å². The highest BCUT2D eigenvalue weighted by Gasteiger charge is 2.52. The quantitative estimate of drug-likeness (QED) is 0.569. The Morgan fingerprint density at radius 2 is 1.76 bits per heavy atom. The van der Waals surface area contributed by atoms with Crippen LogP contribution in [0.15, 0.2) is 54.6 Å². The summed E-state index contributed by atoms with van der Waals surface area (Å²) in [5.41, 5.74) is 5.15. The Labute approximate surface area is 199 Å². The van der Waals surface area contributed by atoms with Gasteiger partial charge in [-0.15, -0.1) is 0 Å². The number of aliphatic hydroxyl groups excluding tert-OH is 1. The predicted molar refractivity (Wildman–Crippen MR) is 137 cm³/mol. The van der Waals surface area contributed by atoms with E-state index in [1.165, 1.54) is 49.9 Å². The van der Waals surface area contributed by atoms with Crippen molar-refractivity contribution in [1.29, 1.82) is 0 Å². The van der Waals surface area contributed by atoms with E-state index >= 15 is 0 Å². The Kier molecular flexibility index (Phi) is 9.42. The molecule has 1 saturated heterocycles. The minimum absolute atomic E-state index is 0.629. The van der Waals surface area contributed by atoms with Crippen LogP contribution in [0, 0.1) is 12.3 Å². The van der Waals surface area contributed by atoms with Gasteiger partial charge in [0, 0.05) is 44.4 Å². The molecule has 1 aliphatic heterocycles. The standard InChI is InChI=1S/C18H24N2O.C10H12.CH4O/c1-13-6-14(2-3-15(13)10-21)9-20-11-18(12-20)7-17(8-18)19-16-4-5-16;1-2-3-7-10-8-5-4-6-9-10;1-2/h2-3,6,10,16-17,19H,4-5,7-9,11-12H2,1H3;3-9H,2H2,1H3;2H,1H3/b;7-3-;. The number of aryl methyl sites for hydroxylation is 1.